The molecule has 0 heterocycles. The van der Waals surface area contributed by atoms with Gasteiger partial charge in [0, 0.05) is 32.1 Å². The van der Waals surface area contributed by atoms with E-state index in [0.717, 1.165) is 17.7 Å². The van der Waals surface area contributed by atoms with Crippen LogP contribution in [-0.4, -0.2) is 38.7 Å². The van der Waals surface area contributed by atoms with Crippen molar-refractivity contribution in [2.75, 3.05) is 26.8 Å². The van der Waals surface area contributed by atoms with E-state index in [2.05, 4.69) is 47.7 Å². The van der Waals surface area contributed by atoms with E-state index in [0.29, 0.717) is 45.1 Å². The maximum atomic E-state index is 11.3. The average Bonchev–Trinajstić information content (AvgIpc) is 2.60. The van der Waals surface area contributed by atoms with E-state index in [9.17, 15) is 4.79 Å². The Labute approximate surface area is 174 Å². The van der Waals surface area contributed by atoms with Gasteiger partial charge < -0.3 is 20.1 Å². The summed E-state index contributed by atoms with van der Waals surface area (Å²) in [6.45, 7) is 8.37. The van der Waals surface area contributed by atoms with Gasteiger partial charge in [-0.3, -0.25) is 9.79 Å². The molecule has 26 heavy (non-hydrogen) atoms. The standard InChI is InChI=1S/C19H31N3O3.HI/c1-5-12-25-17-13-15(3)9-10-16(17)14-22-19(20-4)21-11-7-8-18(23)24-6-2;/h9-10,13H,5-8,11-12,14H2,1-4H3,(H2,20,21,22);1H. The molecule has 0 atom stereocenters. The number of ether oxygens (including phenoxy) is 2. The molecule has 0 aromatic heterocycles. The number of aliphatic imine (C=N–C) groups is 1. The SMILES string of the molecule is CCCOc1cc(C)ccc1CNC(=NC)NCCCC(=O)OCC.I. The molecule has 0 bridgehead atoms. The van der Waals surface area contributed by atoms with E-state index < -0.39 is 0 Å². The topological polar surface area (TPSA) is 72.0 Å². The number of benzene rings is 1. The van der Waals surface area contributed by atoms with Gasteiger partial charge in [-0.25, -0.2) is 0 Å². The highest BCUT2D eigenvalue weighted by molar-refractivity contribution is 14.0. The third kappa shape index (κ3) is 9.84. The van der Waals surface area contributed by atoms with Gasteiger partial charge in [0.25, 0.3) is 0 Å². The Bertz CT molecular complexity index is 565. The number of rotatable bonds is 10. The number of halogens is 1. The number of esters is 1. The fourth-order valence-corrected chi connectivity index (χ4v) is 2.23. The predicted octanol–water partition coefficient (Wildman–Crippen LogP) is 3.41. The summed E-state index contributed by atoms with van der Waals surface area (Å²) in [6.07, 6.45) is 2.09. The highest BCUT2D eigenvalue weighted by Crippen LogP contribution is 2.20. The molecule has 2 N–H and O–H groups in total. The van der Waals surface area contributed by atoms with Crippen LogP contribution in [0.25, 0.3) is 0 Å². The lowest BCUT2D eigenvalue weighted by Gasteiger charge is -2.15. The summed E-state index contributed by atoms with van der Waals surface area (Å²) in [5.41, 5.74) is 2.27. The Balaban J connectivity index is 0.00000625. The Morgan fingerprint density at radius 3 is 2.65 bits per heavy atom. The van der Waals surface area contributed by atoms with Crippen molar-refractivity contribution in [3.63, 3.8) is 0 Å². The largest absolute Gasteiger partial charge is 0.493 e. The molecule has 0 unspecified atom stereocenters. The van der Waals surface area contributed by atoms with Crippen LogP contribution in [0.2, 0.25) is 0 Å². The molecule has 0 amide bonds. The van der Waals surface area contributed by atoms with E-state index in [1.807, 2.05) is 6.92 Å². The van der Waals surface area contributed by atoms with Crippen molar-refractivity contribution in [2.24, 2.45) is 4.99 Å². The van der Waals surface area contributed by atoms with Gasteiger partial charge in [0.05, 0.1) is 13.2 Å². The highest BCUT2D eigenvalue weighted by atomic mass is 127. The molecule has 148 valence electrons. The fraction of sp³-hybridized carbons (Fsp3) is 0.579. The molecule has 0 aliphatic heterocycles. The maximum Gasteiger partial charge on any atom is 0.305 e. The number of guanidine groups is 1. The molecule has 0 radical (unpaired) electrons. The Morgan fingerprint density at radius 1 is 1.23 bits per heavy atom. The van der Waals surface area contributed by atoms with E-state index in [-0.39, 0.29) is 29.9 Å². The first kappa shape index (κ1) is 24.5. The fourth-order valence-electron chi connectivity index (χ4n) is 2.23. The summed E-state index contributed by atoms with van der Waals surface area (Å²) in [6, 6.07) is 6.20. The third-order valence-corrected chi connectivity index (χ3v) is 3.51. The number of nitrogens with zero attached hydrogens (tertiary/aromatic N) is 1. The molecule has 1 aromatic rings. The zero-order chi connectivity index (χ0) is 18.5. The predicted molar refractivity (Wildman–Crippen MR) is 116 cm³/mol. The first-order valence-electron chi connectivity index (χ1n) is 8.93. The summed E-state index contributed by atoms with van der Waals surface area (Å²) in [7, 11) is 1.73. The molecule has 0 fully saturated rings. The number of nitrogens with one attached hydrogen (secondary N) is 2. The average molecular weight is 477 g/mol. The number of hydrogen-bond acceptors (Lipinski definition) is 4. The quantitative estimate of drug-likeness (QED) is 0.178. The van der Waals surface area contributed by atoms with Crippen molar-refractivity contribution in [2.45, 2.75) is 46.6 Å². The first-order chi connectivity index (χ1) is 12.1. The van der Waals surface area contributed by atoms with Gasteiger partial charge in [-0.05, 0) is 38.3 Å². The van der Waals surface area contributed by atoms with E-state index >= 15 is 0 Å². The lowest BCUT2D eigenvalue weighted by atomic mass is 10.1. The smallest absolute Gasteiger partial charge is 0.305 e. The van der Waals surface area contributed by atoms with Crippen LogP contribution in [0.1, 0.15) is 44.2 Å². The maximum absolute atomic E-state index is 11.3. The molecule has 1 rings (SSSR count). The Hall–Kier alpha value is -1.51. The molecule has 0 saturated heterocycles. The van der Waals surface area contributed by atoms with E-state index in [1.165, 1.54) is 5.56 Å². The van der Waals surface area contributed by atoms with Gasteiger partial charge in [0.1, 0.15) is 5.75 Å². The molecule has 0 aliphatic carbocycles. The lowest BCUT2D eigenvalue weighted by Crippen LogP contribution is -2.37. The van der Waals surface area contributed by atoms with Crippen LogP contribution < -0.4 is 15.4 Å². The molecular weight excluding hydrogens is 445 g/mol. The Kier molecular flexibility index (Phi) is 13.8. The number of carbonyl (C=O) groups excluding carboxylic acids is 1. The van der Waals surface area contributed by atoms with E-state index in [4.69, 9.17) is 9.47 Å². The van der Waals surface area contributed by atoms with Crippen LogP contribution in [0.3, 0.4) is 0 Å². The summed E-state index contributed by atoms with van der Waals surface area (Å²) < 4.78 is 10.7. The number of hydrogen-bond donors (Lipinski definition) is 2. The van der Waals surface area contributed by atoms with Gasteiger partial charge in [-0.1, -0.05) is 19.1 Å². The van der Waals surface area contributed by atoms with Crippen LogP contribution in [0.4, 0.5) is 0 Å². The molecule has 7 heteroatoms. The van der Waals surface area contributed by atoms with Crippen molar-refractivity contribution >= 4 is 35.9 Å². The van der Waals surface area contributed by atoms with E-state index in [1.54, 1.807) is 7.05 Å². The second kappa shape index (κ2) is 14.6. The van der Waals surface area contributed by atoms with Gasteiger partial charge in [-0.15, -0.1) is 24.0 Å². The summed E-state index contributed by atoms with van der Waals surface area (Å²) in [5, 5.41) is 6.48. The summed E-state index contributed by atoms with van der Waals surface area (Å²) in [5.74, 6) is 1.45. The highest BCUT2D eigenvalue weighted by Gasteiger charge is 2.06. The molecule has 6 nitrogen and oxygen atoms in total. The van der Waals surface area contributed by atoms with Gasteiger partial charge in [0.15, 0.2) is 5.96 Å². The van der Waals surface area contributed by atoms with Crippen molar-refractivity contribution in [3.8, 4) is 5.75 Å². The first-order valence-corrected chi connectivity index (χ1v) is 8.93. The zero-order valence-electron chi connectivity index (χ0n) is 16.3. The van der Waals surface area contributed by atoms with Gasteiger partial charge >= 0.3 is 5.97 Å². The molecule has 0 aliphatic rings. The van der Waals surface area contributed by atoms with Crippen molar-refractivity contribution in [1.82, 2.24) is 10.6 Å². The van der Waals surface area contributed by atoms with Crippen LogP contribution in [-0.2, 0) is 16.1 Å². The van der Waals surface area contributed by atoms with Crippen LogP contribution in [0.5, 0.6) is 5.75 Å². The molecule has 1 aromatic carbocycles. The molecule has 0 spiro atoms. The number of aryl methyl sites for hydroxylation is 1. The van der Waals surface area contributed by atoms with Crippen LogP contribution >= 0.6 is 24.0 Å². The lowest BCUT2D eigenvalue weighted by molar-refractivity contribution is -0.143. The van der Waals surface area contributed by atoms with Crippen molar-refractivity contribution < 1.29 is 14.3 Å². The van der Waals surface area contributed by atoms with Crippen molar-refractivity contribution in [1.29, 1.82) is 0 Å². The summed E-state index contributed by atoms with van der Waals surface area (Å²) in [4.78, 5) is 15.5. The van der Waals surface area contributed by atoms with Gasteiger partial charge in [-0.2, -0.15) is 0 Å². The second-order valence-corrected chi connectivity index (χ2v) is 5.72. The number of carbonyl (C=O) groups is 1. The van der Waals surface area contributed by atoms with Crippen molar-refractivity contribution in [3.05, 3.63) is 29.3 Å². The minimum absolute atomic E-state index is 0. The molecular formula is C19H32IN3O3. The second-order valence-electron chi connectivity index (χ2n) is 5.72. The minimum atomic E-state index is -0.162. The zero-order valence-corrected chi connectivity index (χ0v) is 18.6. The van der Waals surface area contributed by atoms with Crippen LogP contribution in [0, 0.1) is 6.92 Å². The molecule has 0 saturated carbocycles. The minimum Gasteiger partial charge on any atom is -0.493 e. The third-order valence-electron chi connectivity index (χ3n) is 3.51. The normalized spacial score (nSPS) is 10.7. The van der Waals surface area contributed by atoms with Gasteiger partial charge in [0.2, 0.25) is 0 Å². The Morgan fingerprint density at radius 2 is 2.00 bits per heavy atom. The monoisotopic (exact) mass is 477 g/mol. The summed E-state index contributed by atoms with van der Waals surface area (Å²) >= 11 is 0. The van der Waals surface area contributed by atoms with Crippen LogP contribution in [0.15, 0.2) is 23.2 Å².